The van der Waals surface area contributed by atoms with Gasteiger partial charge in [0.25, 0.3) is 11.8 Å². The lowest BCUT2D eigenvalue weighted by Crippen LogP contribution is -2.36. The molecule has 7 nitrogen and oxygen atoms in total. The van der Waals surface area contributed by atoms with E-state index in [9.17, 15) is 35.9 Å². The van der Waals surface area contributed by atoms with E-state index in [1.165, 1.54) is 42.5 Å². The first-order chi connectivity index (χ1) is 18.3. The second-order valence-corrected chi connectivity index (χ2v) is 7.76. The van der Waals surface area contributed by atoms with Gasteiger partial charge in [-0.3, -0.25) is 9.59 Å². The van der Waals surface area contributed by atoms with Crippen molar-refractivity contribution in [1.82, 2.24) is 10.6 Å². The summed E-state index contributed by atoms with van der Waals surface area (Å²) in [6, 6.07) is 14.0. The Morgan fingerprint density at radius 1 is 0.795 bits per heavy atom. The van der Waals surface area contributed by atoms with Gasteiger partial charge in [-0.05, 0) is 72.3 Å². The van der Waals surface area contributed by atoms with Crippen LogP contribution in [0.1, 0.15) is 21.5 Å². The SMILES string of the molecule is O=C(NCCO)/C(=C\c1ccc(OC(F)(F)F)cc1)NC(=O)c1ccc(Oc2ccc(C(F)(F)F)cc2)cc1. The van der Waals surface area contributed by atoms with E-state index in [4.69, 9.17) is 9.84 Å². The van der Waals surface area contributed by atoms with Crippen LogP contribution in [0, 0.1) is 0 Å². The van der Waals surface area contributed by atoms with Crippen LogP contribution in [-0.2, 0) is 11.0 Å². The van der Waals surface area contributed by atoms with Crippen molar-refractivity contribution < 1.29 is 50.5 Å². The molecule has 0 spiro atoms. The van der Waals surface area contributed by atoms with Crippen LogP contribution in [0.15, 0.2) is 78.5 Å². The zero-order valence-corrected chi connectivity index (χ0v) is 19.8. The monoisotopic (exact) mass is 554 g/mol. The van der Waals surface area contributed by atoms with Gasteiger partial charge in [0.1, 0.15) is 22.9 Å². The number of aliphatic hydroxyl groups excluding tert-OH is 1. The molecule has 0 bridgehead atoms. The van der Waals surface area contributed by atoms with E-state index >= 15 is 0 Å². The molecular formula is C26H20F6N2O5. The molecule has 2 amide bonds. The van der Waals surface area contributed by atoms with Gasteiger partial charge in [0.15, 0.2) is 0 Å². The van der Waals surface area contributed by atoms with Gasteiger partial charge in [-0.2, -0.15) is 13.2 Å². The number of rotatable bonds is 9. The molecule has 0 heterocycles. The van der Waals surface area contributed by atoms with Gasteiger partial charge in [-0.15, -0.1) is 13.2 Å². The minimum atomic E-state index is -4.88. The topological polar surface area (TPSA) is 96.9 Å². The summed E-state index contributed by atoms with van der Waals surface area (Å²) in [6.45, 7) is -0.503. The summed E-state index contributed by atoms with van der Waals surface area (Å²) in [5, 5.41) is 13.7. The van der Waals surface area contributed by atoms with E-state index in [1.54, 1.807) is 0 Å². The zero-order chi connectivity index (χ0) is 28.6. The van der Waals surface area contributed by atoms with Crippen molar-refractivity contribution in [3.05, 3.63) is 95.2 Å². The molecule has 0 atom stereocenters. The molecule has 0 radical (unpaired) electrons. The molecule has 0 fully saturated rings. The Bertz CT molecular complexity index is 1300. The van der Waals surface area contributed by atoms with Crippen molar-refractivity contribution in [1.29, 1.82) is 0 Å². The molecule has 3 N–H and O–H groups in total. The van der Waals surface area contributed by atoms with Gasteiger partial charge in [-0.1, -0.05) is 12.1 Å². The largest absolute Gasteiger partial charge is 0.573 e. The Hall–Kier alpha value is -4.52. The first-order valence-corrected chi connectivity index (χ1v) is 11.1. The van der Waals surface area contributed by atoms with E-state index in [0.717, 1.165) is 36.4 Å². The fraction of sp³-hybridized carbons (Fsp3) is 0.154. The van der Waals surface area contributed by atoms with Crippen LogP contribution in [0.3, 0.4) is 0 Å². The molecule has 13 heteroatoms. The number of ether oxygens (including phenoxy) is 2. The Balaban J connectivity index is 1.72. The first kappa shape index (κ1) is 29.0. The highest BCUT2D eigenvalue weighted by Crippen LogP contribution is 2.31. The molecule has 0 saturated carbocycles. The molecule has 0 aliphatic rings. The lowest BCUT2D eigenvalue weighted by Gasteiger charge is -2.12. The quantitative estimate of drug-likeness (QED) is 0.247. The van der Waals surface area contributed by atoms with E-state index in [2.05, 4.69) is 15.4 Å². The maximum atomic E-state index is 12.8. The lowest BCUT2D eigenvalue weighted by atomic mass is 10.1. The lowest BCUT2D eigenvalue weighted by molar-refractivity contribution is -0.274. The second-order valence-electron chi connectivity index (χ2n) is 7.76. The number of hydrogen-bond donors (Lipinski definition) is 3. The van der Waals surface area contributed by atoms with E-state index in [1.807, 2.05) is 0 Å². The number of amides is 2. The number of hydrogen-bond acceptors (Lipinski definition) is 5. The predicted octanol–water partition coefficient (Wildman–Crippen LogP) is 5.28. The first-order valence-electron chi connectivity index (χ1n) is 11.1. The van der Waals surface area contributed by atoms with E-state index < -0.39 is 35.7 Å². The third-order valence-corrected chi connectivity index (χ3v) is 4.85. The number of aliphatic hydroxyl groups is 1. The zero-order valence-electron chi connectivity index (χ0n) is 19.8. The number of benzene rings is 3. The maximum absolute atomic E-state index is 12.8. The fourth-order valence-corrected chi connectivity index (χ4v) is 3.07. The van der Waals surface area contributed by atoms with Gasteiger partial charge >= 0.3 is 12.5 Å². The Labute approximate surface area is 217 Å². The summed E-state index contributed by atoms with van der Waals surface area (Å²) in [5.74, 6) is -1.61. The minimum absolute atomic E-state index is 0.0875. The van der Waals surface area contributed by atoms with Crippen LogP contribution in [0.2, 0.25) is 0 Å². The molecule has 39 heavy (non-hydrogen) atoms. The van der Waals surface area contributed by atoms with Gasteiger partial charge in [-0.25, -0.2) is 0 Å². The molecular weight excluding hydrogens is 534 g/mol. The average molecular weight is 554 g/mol. The van der Waals surface area contributed by atoms with Crippen LogP contribution < -0.4 is 20.1 Å². The number of alkyl halides is 6. The van der Waals surface area contributed by atoms with Crippen molar-refractivity contribution in [2.45, 2.75) is 12.5 Å². The minimum Gasteiger partial charge on any atom is -0.457 e. The van der Waals surface area contributed by atoms with E-state index in [-0.39, 0.29) is 41.5 Å². The third kappa shape index (κ3) is 9.07. The van der Waals surface area contributed by atoms with Crippen molar-refractivity contribution in [2.75, 3.05) is 13.2 Å². The molecule has 3 rings (SSSR count). The smallest absolute Gasteiger partial charge is 0.457 e. The molecule has 0 saturated heterocycles. The highest BCUT2D eigenvalue weighted by Gasteiger charge is 2.31. The fourth-order valence-electron chi connectivity index (χ4n) is 3.07. The third-order valence-electron chi connectivity index (χ3n) is 4.85. The van der Waals surface area contributed by atoms with Crippen molar-refractivity contribution in [3.8, 4) is 17.2 Å². The van der Waals surface area contributed by atoms with Crippen LogP contribution in [0.5, 0.6) is 17.2 Å². The molecule has 3 aromatic carbocycles. The highest BCUT2D eigenvalue weighted by atomic mass is 19.4. The van der Waals surface area contributed by atoms with Crippen LogP contribution in [0.4, 0.5) is 26.3 Å². The summed E-state index contributed by atoms with van der Waals surface area (Å²) in [4.78, 5) is 25.3. The van der Waals surface area contributed by atoms with Gasteiger partial charge in [0.05, 0.1) is 12.2 Å². The van der Waals surface area contributed by atoms with Crippen LogP contribution in [-0.4, -0.2) is 36.4 Å². The Morgan fingerprint density at radius 3 is 1.85 bits per heavy atom. The van der Waals surface area contributed by atoms with Crippen LogP contribution >= 0.6 is 0 Å². The molecule has 206 valence electrons. The Kier molecular flexibility index (Phi) is 9.20. The van der Waals surface area contributed by atoms with Crippen LogP contribution in [0.25, 0.3) is 6.08 Å². The van der Waals surface area contributed by atoms with Crippen molar-refractivity contribution >= 4 is 17.9 Å². The average Bonchev–Trinajstić information content (AvgIpc) is 2.87. The number of carbonyl (C=O) groups is 2. The summed E-state index contributed by atoms with van der Waals surface area (Å²) in [6.07, 6.45) is -8.15. The van der Waals surface area contributed by atoms with E-state index in [0.29, 0.717) is 0 Å². The summed E-state index contributed by atoms with van der Waals surface area (Å²) in [5.41, 5.74) is -0.744. The number of carbonyl (C=O) groups excluding carboxylic acids is 2. The van der Waals surface area contributed by atoms with Gasteiger partial charge < -0.3 is 25.2 Å². The summed E-state index contributed by atoms with van der Waals surface area (Å²) >= 11 is 0. The standard InChI is InChI=1S/C26H20F6N2O5/c27-25(28,29)18-5-11-20(12-6-18)38-19-9-3-17(4-10-19)23(36)34-22(24(37)33-13-14-35)15-16-1-7-21(8-2-16)39-26(30,31)32/h1-12,15,35H,13-14H2,(H,33,37)(H,34,36)/b22-15+. The predicted molar refractivity (Wildman–Crippen MR) is 127 cm³/mol. The molecule has 0 aromatic heterocycles. The maximum Gasteiger partial charge on any atom is 0.573 e. The Morgan fingerprint density at radius 2 is 1.33 bits per heavy atom. The number of halogens is 6. The number of nitrogens with one attached hydrogen (secondary N) is 2. The molecule has 0 aliphatic heterocycles. The van der Waals surface area contributed by atoms with Gasteiger partial charge in [0, 0.05) is 12.1 Å². The van der Waals surface area contributed by atoms with Crippen molar-refractivity contribution in [3.63, 3.8) is 0 Å². The molecule has 0 unspecified atom stereocenters. The summed E-state index contributed by atoms with van der Waals surface area (Å²) < 4.78 is 84.5. The second kappa shape index (κ2) is 12.3. The normalized spacial score (nSPS) is 12.0. The van der Waals surface area contributed by atoms with Gasteiger partial charge in [0.2, 0.25) is 0 Å². The highest BCUT2D eigenvalue weighted by molar-refractivity contribution is 6.05. The van der Waals surface area contributed by atoms with Crippen molar-refractivity contribution in [2.24, 2.45) is 0 Å². The molecule has 0 aliphatic carbocycles. The summed E-state index contributed by atoms with van der Waals surface area (Å²) in [7, 11) is 0. The molecule has 3 aromatic rings.